The molecule has 4 heterocycles. The summed E-state index contributed by atoms with van der Waals surface area (Å²) in [5.74, 6) is 0.541. The van der Waals surface area contributed by atoms with Crippen molar-refractivity contribution in [3.8, 4) is 50.3 Å². The van der Waals surface area contributed by atoms with Crippen LogP contribution >= 0.6 is 0 Å². The molecule has 10 rings (SSSR count). The Morgan fingerprint density at radius 3 is 2.09 bits per heavy atom. The fourth-order valence-corrected chi connectivity index (χ4v) is 9.68. The molecule has 64 heavy (non-hydrogen) atoms. The molecule has 2 aliphatic heterocycles. The summed E-state index contributed by atoms with van der Waals surface area (Å²) in [5, 5.41) is 6.22. The Morgan fingerprint density at radius 2 is 1.36 bits per heavy atom. The number of aryl methyl sites for hydroxylation is 1. The highest BCUT2D eigenvalue weighted by Crippen LogP contribution is 2.41. The van der Waals surface area contributed by atoms with Crippen molar-refractivity contribution in [1.29, 1.82) is 0 Å². The summed E-state index contributed by atoms with van der Waals surface area (Å²) in [6.07, 6.45) is 16.8. The molecule has 316 valence electrons. The van der Waals surface area contributed by atoms with E-state index in [-0.39, 0.29) is 5.41 Å². The first kappa shape index (κ1) is 41.0. The highest BCUT2D eigenvalue weighted by molar-refractivity contribution is 6.12. The molecule has 0 aliphatic carbocycles. The molecule has 6 aromatic carbocycles. The van der Waals surface area contributed by atoms with Gasteiger partial charge < -0.3 is 9.88 Å². The SMILES string of the molecule is CCc1ccc(-c2cccc(-c3ccc4c(c3)c3cc(-c5ccccc5C(C)(C)C)ccc3n4-c3cc(C4=NC=CCC4)cc(-c4ccccn4)c3)c2)cc1C1=CC=CC(CC)CN1. The lowest BCUT2D eigenvalue weighted by Gasteiger charge is -2.23. The van der Waals surface area contributed by atoms with Gasteiger partial charge >= 0.3 is 0 Å². The van der Waals surface area contributed by atoms with Crippen LogP contribution < -0.4 is 5.32 Å². The third kappa shape index (κ3) is 7.94. The van der Waals surface area contributed by atoms with E-state index in [1.54, 1.807) is 0 Å². The summed E-state index contributed by atoms with van der Waals surface area (Å²) < 4.78 is 2.45. The number of nitrogens with zero attached hydrogens (tertiary/aromatic N) is 3. The van der Waals surface area contributed by atoms with Crippen LogP contribution in [0.1, 0.15) is 76.1 Å². The van der Waals surface area contributed by atoms with Gasteiger partial charge in [-0.15, -0.1) is 0 Å². The predicted molar refractivity (Wildman–Crippen MR) is 272 cm³/mol. The number of nitrogens with one attached hydrogen (secondary N) is 1. The Labute approximate surface area is 378 Å². The van der Waals surface area contributed by atoms with Crippen LogP contribution in [0.3, 0.4) is 0 Å². The van der Waals surface area contributed by atoms with E-state index in [0.29, 0.717) is 5.92 Å². The molecule has 4 heteroatoms. The molecule has 2 aliphatic rings. The number of rotatable bonds is 9. The summed E-state index contributed by atoms with van der Waals surface area (Å²) in [7, 11) is 0. The lowest BCUT2D eigenvalue weighted by molar-refractivity contribution is 0.592. The van der Waals surface area contributed by atoms with Crippen molar-refractivity contribution in [2.75, 3.05) is 6.54 Å². The highest BCUT2D eigenvalue weighted by atomic mass is 15.0. The van der Waals surface area contributed by atoms with Crippen LogP contribution in [0.5, 0.6) is 0 Å². The first-order valence-electron chi connectivity index (χ1n) is 23.1. The monoisotopic (exact) mass is 832 g/mol. The van der Waals surface area contributed by atoms with Gasteiger partial charge in [-0.2, -0.15) is 0 Å². The minimum atomic E-state index is -0.00691. The Hall–Kier alpha value is -7.04. The van der Waals surface area contributed by atoms with Crippen molar-refractivity contribution in [2.45, 2.75) is 65.7 Å². The van der Waals surface area contributed by atoms with Gasteiger partial charge in [0.25, 0.3) is 0 Å². The van der Waals surface area contributed by atoms with Gasteiger partial charge in [-0.05, 0) is 160 Å². The van der Waals surface area contributed by atoms with Crippen molar-refractivity contribution < 1.29 is 0 Å². The first-order chi connectivity index (χ1) is 31.2. The topological polar surface area (TPSA) is 42.2 Å². The Balaban J connectivity index is 1.14. The van der Waals surface area contributed by atoms with E-state index in [9.17, 15) is 0 Å². The van der Waals surface area contributed by atoms with E-state index in [0.717, 1.165) is 71.5 Å². The average molecular weight is 833 g/mol. The van der Waals surface area contributed by atoms with Crippen LogP contribution in [0.4, 0.5) is 0 Å². The van der Waals surface area contributed by atoms with Gasteiger partial charge in [-0.1, -0.05) is 126 Å². The number of hydrogen-bond donors (Lipinski definition) is 1. The molecular weight excluding hydrogens is 777 g/mol. The molecule has 1 atom stereocenters. The molecule has 4 nitrogen and oxygen atoms in total. The van der Waals surface area contributed by atoms with Crippen LogP contribution in [-0.4, -0.2) is 21.8 Å². The maximum atomic E-state index is 4.87. The van der Waals surface area contributed by atoms with Crippen LogP contribution in [0, 0.1) is 5.92 Å². The number of hydrogen-bond acceptors (Lipinski definition) is 3. The first-order valence-corrected chi connectivity index (χ1v) is 23.1. The summed E-state index contributed by atoms with van der Waals surface area (Å²) in [6.45, 7) is 12.4. The minimum absolute atomic E-state index is 0.00691. The molecule has 2 aromatic heterocycles. The van der Waals surface area contributed by atoms with Crippen molar-refractivity contribution in [3.63, 3.8) is 0 Å². The maximum Gasteiger partial charge on any atom is 0.0702 e. The molecule has 1 unspecified atom stereocenters. The van der Waals surface area contributed by atoms with Gasteiger partial charge in [-0.25, -0.2) is 0 Å². The molecule has 0 saturated heterocycles. The molecule has 0 bridgehead atoms. The lowest BCUT2D eigenvalue weighted by atomic mass is 9.82. The van der Waals surface area contributed by atoms with E-state index in [2.05, 4.69) is 202 Å². The molecule has 1 N–H and O–H groups in total. The zero-order chi connectivity index (χ0) is 43.8. The molecule has 0 spiro atoms. The van der Waals surface area contributed by atoms with Crippen molar-refractivity contribution in [3.05, 3.63) is 198 Å². The molecule has 0 radical (unpaired) electrons. The van der Waals surface area contributed by atoms with Crippen LogP contribution in [0.2, 0.25) is 0 Å². The van der Waals surface area contributed by atoms with Crippen LogP contribution in [0.15, 0.2) is 181 Å². The summed E-state index contributed by atoms with van der Waals surface area (Å²) in [5.41, 5.74) is 20.2. The van der Waals surface area contributed by atoms with Gasteiger partial charge in [0.05, 0.1) is 16.7 Å². The largest absolute Gasteiger partial charge is 0.384 e. The number of fused-ring (bicyclic) bond motifs is 3. The van der Waals surface area contributed by atoms with E-state index in [1.165, 1.54) is 66.5 Å². The summed E-state index contributed by atoms with van der Waals surface area (Å²) in [6, 6.07) is 52.0. The summed E-state index contributed by atoms with van der Waals surface area (Å²) >= 11 is 0. The van der Waals surface area contributed by atoms with Gasteiger partial charge in [0.2, 0.25) is 0 Å². The van der Waals surface area contributed by atoms with E-state index in [1.807, 2.05) is 18.5 Å². The molecule has 0 saturated carbocycles. The number of benzene rings is 6. The normalized spacial score (nSPS) is 15.2. The number of allylic oxidation sites excluding steroid dienone is 3. The van der Waals surface area contributed by atoms with Gasteiger partial charge in [0, 0.05) is 57.9 Å². The molecule has 0 amide bonds. The minimum Gasteiger partial charge on any atom is -0.384 e. The summed E-state index contributed by atoms with van der Waals surface area (Å²) in [4.78, 5) is 9.68. The smallest absolute Gasteiger partial charge is 0.0702 e. The maximum absolute atomic E-state index is 4.87. The molecular formula is C60H56N4. The fourth-order valence-electron chi connectivity index (χ4n) is 9.68. The van der Waals surface area contributed by atoms with Crippen LogP contribution in [-0.2, 0) is 11.8 Å². The lowest BCUT2D eigenvalue weighted by Crippen LogP contribution is -2.19. The van der Waals surface area contributed by atoms with E-state index < -0.39 is 0 Å². The second-order valence-electron chi connectivity index (χ2n) is 18.4. The van der Waals surface area contributed by atoms with Gasteiger partial charge in [0.1, 0.15) is 0 Å². The number of aromatic nitrogens is 2. The van der Waals surface area contributed by atoms with Crippen LogP contribution in [0.25, 0.3) is 77.8 Å². The van der Waals surface area contributed by atoms with E-state index in [4.69, 9.17) is 9.98 Å². The third-order valence-corrected chi connectivity index (χ3v) is 13.2. The molecule has 0 fully saturated rings. The predicted octanol–water partition coefficient (Wildman–Crippen LogP) is 15.3. The highest BCUT2D eigenvalue weighted by Gasteiger charge is 2.22. The Kier molecular flexibility index (Phi) is 11.1. The second kappa shape index (κ2) is 17.3. The standard InChI is InChI=1S/C60H56N4/c1-6-40-16-14-23-57(63-39-40)51-36-44(25-24-41(51)7-2)42-17-15-18-43(32-42)45-26-28-58-52(37-45)53-38-46(50-19-8-9-20-54(50)60(3,4)5)27-29-59(53)64(58)49-34-47(55-21-10-12-30-61-55)33-48(35-49)56-22-11-13-31-62-56/h8-10,12-21,23-38,40,63H,6-7,11,22,39H2,1-5H3. The fraction of sp³-hybridized carbons (Fsp3) is 0.200. The Bertz CT molecular complexity index is 3170. The number of pyridine rings is 1. The van der Waals surface area contributed by atoms with Gasteiger partial charge in [-0.3, -0.25) is 9.98 Å². The third-order valence-electron chi connectivity index (χ3n) is 13.2. The molecule has 8 aromatic rings. The zero-order valence-corrected chi connectivity index (χ0v) is 37.7. The average Bonchev–Trinajstić information content (AvgIpc) is 3.47. The van der Waals surface area contributed by atoms with Crippen molar-refractivity contribution >= 4 is 33.2 Å². The quantitative estimate of drug-likeness (QED) is 0.157. The van der Waals surface area contributed by atoms with Crippen molar-refractivity contribution in [1.82, 2.24) is 14.9 Å². The number of aliphatic imine (C=N–C) groups is 1. The van der Waals surface area contributed by atoms with Gasteiger partial charge in [0.15, 0.2) is 0 Å². The zero-order valence-electron chi connectivity index (χ0n) is 37.7. The van der Waals surface area contributed by atoms with E-state index >= 15 is 0 Å². The second-order valence-corrected chi connectivity index (χ2v) is 18.4. The van der Waals surface area contributed by atoms with Crippen molar-refractivity contribution in [2.24, 2.45) is 10.9 Å². The Morgan fingerprint density at radius 1 is 0.656 bits per heavy atom.